The maximum atomic E-state index is 5.33. The van der Waals surface area contributed by atoms with E-state index in [1.807, 2.05) is 0 Å². The molecule has 3 aromatic carbocycles. The zero-order valence-electron chi connectivity index (χ0n) is 22.6. The van der Waals surface area contributed by atoms with E-state index in [1.165, 1.54) is 10.7 Å². The first kappa shape index (κ1) is 34.1. The summed E-state index contributed by atoms with van der Waals surface area (Å²) in [6, 6.07) is 32.9. The molecule has 1 aliphatic rings. The molecule has 0 radical (unpaired) electrons. The molecule has 38 heavy (non-hydrogen) atoms. The summed E-state index contributed by atoms with van der Waals surface area (Å²) in [7, 11) is 0. The van der Waals surface area contributed by atoms with Gasteiger partial charge in [0, 0.05) is 0 Å². The van der Waals surface area contributed by atoms with Gasteiger partial charge in [-0.25, -0.2) is 0 Å². The molecule has 0 saturated carbocycles. The molecular formula is C30H39KO6Sn. The van der Waals surface area contributed by atoms with Crippen molar-refractivity contribution >= 4 is 30.5 Å². The number of rotatable bonds is 3. The van der Waals surface area contributed by atoms with Crippen molar-refractivity contribution in [2.75, 3.05) is 79.3 Å². The fourth-order valence-electron chi connectivity index (χ4n) is 3.63. The fourth-order valence-corrected chi connectivity index (χ4v) is 11.0. The van der Waals surface area contributed by atoms with Crippen LogP contribution in [-0.2, 0) is 28.4 Å². The molecule has 1 fully saturated rings. The summed E-state index contributed by atoms with van der Waals surface area (Å²) in [5, 5.41) is 0. The van der Waals surface area contributed by atoms with E-state index in [0.717, 1.165) is 0 Å². The summed E-state index contributed by atoms with van der Waals surface area (Å²) in [5.74, 6) is 0. The van der Waals surface area contributed by atoms with Crippen molar-refractivity contribution in [1.29, 1.82) is 0 Å². The van der Waals surface area contributed by atoms with E-state index in [4.69, 9.17) is 28.4 Å². The van der Waals surface area contributed by atoms with Crippen LogP contribution in [0.5, 0.6) is 0 Å². The normalized spacial score (nSPS) is 16.4. The molecular weight excluding hydrogens is 614 g/mol. The molecule has 4 rings (SSSR count). The molecule has 0 aliphatic carbocycles. The molecule has 0 unspecified atom stereocenters. The van der Waals surface area contributed by atoms with Crippen molar-refractivity contribution in [2.45, 2.75) is 0 Å². The molecule has 0 aromatic heterocycles. The van der Waals surface area contributed by atoms with Gasteiger partial charge in [-0.05, 0) is 0 Å². The van der Waals surface area contributed by atoms with Crippen LogP contribution in [0.4, 0.5) is 0 Å². The van der Waals surface area contributed by atoms with Gasteiger partial charge >= 0.3 is 173 Å². The average molecular weight is 653 g/mol. The standard InChI is InChI=1S/C12H24O6.3C6H5.K.Sn/c1-2-14-5-6-16-9-10-18-12-11-17-8-7-15-4-3-13-1;3*1-2-4-6-5-3-1;;/h1-12H2;3*1-5H;;/q;;;;+1;-1. The summed E-state index contributed by atoms with van der Waals surface area (Å²) in [5.41, 5.74) is 0. The van der Waals surface area contributed by atoms with Crippen LogP contribution in [0.15, 0.2) is 91.0 Å². The van der Waals surface area contributed by atoms with Crippen LogP contribution in [0.25, 0.3) is 0 Å². The molecule has 1 aliphatic heterocycles. The van der Waals surface area contributed by atoms with E-state index in [1.54, 1.807) is 0 Å². The van der Waals surface area contributed by atoms with Gasteiger partial charge in [0.2, 0.25) is 0 Å². The van der Waals surface area contributed by atoms with E-state index in [2.05, 4.69) is 91.0 Å². The third-order valence-corrected chi connectivity index (χ3v) is 13.2. The average Bonchev–Trinajstić information content (AvgIpc) is 2.95. The first-order chi connectivity index (χ1) is 18.4. The monoisotopic (exact) mass is 654 g/mol. The Balaban J connectivity index is 0.000000261. The zero-order chi connectivity index (χ0) is 25.6. The van der Waals surface area contributed by atoms with E-state index in [9.17, 15) is 0 Å². The van der Waals surface area contributed by atoms with Crippen LogP contribution in [0.3, 0.4) is 0 Å². The Morgan fingerprint density at radius 3 is 0.684 bits per heavy atom. The Bertz CT molecular complexity index is 751. The van der Waals surface area contributed by atoms with E-state index < -0.39 is 19.8 Å². The van der Waals surface area contributed by atoms with Crippen molar-refractivity contribution in [1.82, 2.24) is 0 Å². The number of hydrogen-bond donors (Lipinski definition) is 0. The van der Waals surface area contributed by atoms with Crippen LogP contribution in [0, 0.1) is 0 Å². The summed E-state index contributed by atoms with van der Waals surface area (Å²) in [4.78, 5) is 0. The molecule has 6 nitrogen and oxygen atoms in total. The Morgan fingerprint density at radius 1 is 0.316 bits per heavy atom. The van der Waals surface area contributed by atoms with Gasteiger partial charge in [-0.15, -0.1) is 0 Å². The van der Waals surface area contributed by atoms with Crippen LogP contribution >= 0.6 is 0 Å². The third-order valence-electron chi connectivity index (χ3n) is 5.42. The molecule has 1 saturated heterocycles. The van der Waals surface area contributed by atoms with Gasteiger partial charge in [-0.1, -0.05) is 0 Å². The number of benzene rings is 3. The number of ether oxygens (including phenoxy) is 6. The Kier molecular flexibility index (Phi) is 21.1. The topological polar surface area (TPSA) is 55.4 Å². The molecule has 0 atom stereocenters. The predicted octanol–water partition coefficient (Wildman–Crippen LogP) is -0.694. The second-order valence-electron chi connectivity index (χ2n) is 8.15. The first-order valence-corrected chi connectivity index (χ1v) is 17.2. The predicted molar refractivity (Wildman–Crippen MR) is 149 cm³/mol. The summed E-state index contributed by atoms with van der Waals surface area (Å²) in [6.07, 6.45) is 0. The quantitative estimate of drug-likeness (QED) is 0.350. The summed E-state index contributed by atoms with van der Waals surface area (Å²) >= 11 is -1.98. The second kappa shape index (κ2) is 23.5. The Morgan fingerprint density at radius 2 is 0.500 bits per heavy atom. The van der Waals surface area contributed by atoms with Gasteiger partial charge in [0.25, 0.3) is 0 Å². The fraction of sp³-hybridized carbons (Fsp3) is 0.400. The van der Waals surface area contributed by atoms with Crippen molar-refractivity contribution in [3.63, 3.8) is 0 Å². The van der Waals surface area contributed by atoms with E-state index >= 15 is 0 Å². The molecule has 1 heterocycles. The molecule has 0 amide bonds. The van der Waals surface area contributed by atoms with Gasteiger partial charge < -0.3 is 28.4 Å². The molecule has 0 bridgehead atoms. The third kappa shape index (κ3) is 15.0. The number of hydrogen-bond acceptors (Lipinski definition) is 6. The van der Waals surface area contributed by atoms with Gasteiger partial charge in [-0.2, -0.15) is 0 Å². The molecule has 0 spiro atoms. The van der Waals surface area contributed by atoms with Gasteiger partial charge in [0.05, 0.1) is 79.3 Å². The summed E-state index contributed by atoms with van der Waals surface area (Å²) in [6.45, 7) is 7.04. The van der Waals surface area contributed by atoms with Crippen LogP contribution in [0.2, 0.25) is 0 Å². The Hall–Kier alpha value is -0.145. The van der Waals surface area contributed by atoms with Gasteiger partial charge in [-0.3, -0.25) is 0 Å². The van der Waals surface area contributed by atoms with Gasteiger partial charge in [0.15, 0.2) is 0 Å². The van der Waals surface area contributed by atoms with Crippen LogP contribution in [-0.4, -0.2) is 99.0 Å². The minimum absolute atomic E-state index is 0. The van der Waals surface area contributed by atoms with Gasteiger partial charge in [0.1, 0.15) is 0 Å². The minimum atomic E-state index is -1.98. The first-order valence-electron chi connectivity index (χ1n) is 12.9. The van der Waals surface area contributed by atoms with E-state index in [0.29, 0.717) is 79.3 Å². The molecule has 3 aromatic rings. The molecule has 200 valence electrons. The van der Waals surface area contributed by atoms with Crippen molar-refractivity contribution in [2.24, 2.45) is 0 Å². The van der Waals surface area contributed by atoms with Crippen LogP contribution in [0.1, 0.15) is 0 Å². The second-order valence-corrected chi connectivity index (χ2v) is 15.2. The van der Waals surface area contributed by atoms with Crippen molar-refractivity contribution in [3.05, 3.63) is 91.0 Å². The summed E-state index contributed by atoms with van der Waals surface area (Å²) < 4.78 is 36.6. The molecule has 8 heteroatoms. The SMILES string of the molecule is C1COCCOCCOCCOCCOCCO1.[K+].c1cc[c]([Sn-]([c]2ccccc2)[c]2ccccc2)cc1. The zero-order valence-corrected chi connectivity index (χ0v) is 28.6. The Labute approximate surface area is 277 Å². The van der Waals surface area contributed by atoms with Crippen molar-refractivity contribution in [3.8, 4) is 0 Å². The van der Waals surface area contributed by atoms with Crippen molar-refractivity contribution < 1.29 is 79.8 Å². The molecule has 0 N–H and O–H groups in total. The van der Waals surface area contributed by atoms with Crippen LogP contribution < -0.4 is 62.1 Å². The maximum absolute atomic E-state index is 5.33. The van der Waals surface area contributed by atoms with E-state index in [-0.39, 0.29) is 51.4 Å².